The largest absolute Gasteiger partial charge is 0.394 e. The molecule has 0 rings (SSSR count). The first-order valence-corrected chi connectivity index (χ1v) is 2.16. The van der Waals surface area contributed by atoms with Crippen LogP contribution in [0, 0.1) is 5.41 Å². The van der Waals surface area contributed by atoms with Gasteiger partial charge in [-0.05, 0) is 19.2 Å². The Hall–Kier alpha value is -0.790. The topological polar surface area (TPSA) is 35.9 Å². The van der Waals surface area contributed by atoms with Crippen molar-refractivity contribution in [3.05, 3.63) is 12.3 Å². The first-order valence-electron chi connectivity index (χ1n) is 2.16. The standard InChI is InChI=1S/C5H10N2/c1-5(6)3-4-7-2/h3-4,6-7H,1-2H3/b4-3-,6-5?. The molecule has 2 heteroatoms. The molecule has 0 fully saturated rings. The van der Waals surface area contributed by atoms with Gasteiger partial charge in [-0.3, -0.25) is 0 Å². The lowest BCUT2D eigenvalue weighted by Crippen LogP contribution is -1.92. The molecule has 40 valence electrons. The smallest absolute Gasteiger partial charge is 0.0297 e. The molecule has 0 bridgehead atoms. The number of nitrogens with one attached hydrogen (secondary N) is 2. The van der Waals surface area contributed by atoms with Crippen LogP contribution in [0.2, 0.25) is 0 Å². The van der Waals surface area contributed by atoms with E-state index in [1.807, 2.05) is 0 Å². The van der Waals surface area contributed by atoms with E-state index in [9.17, 15) is 0 Å². The Morgan fingerprint density at radius 3 is 2.43 bits per heavy atom. The maximum absolute atomic E-state index is 6.87. The lowest BCUT2D eigenvalue weighted by atomic mass is 10.4. The van der Waals surface area contributed by atoms with Crippen LogP contribution in [-0.2, 0) is 0 Å². The summed E-state index contributed by atoms with van der Waals surface area (Å²) in [6.07, 6.45) is 3.42. The molecule has 0 radical (unpaired) electrons. The van der Waals surface area contributed by atoms with Gasteiger partial charge in [-0.1, -0.05) is 0 Å². The van der Waals surface area contributed by atoms with Crippen LogP contribution in [0.15, 0.2) is 12.3 Å². The molecule has 0 saturated heterocycles. The van der Waals surface area contributed by atoms with Crippen molar-refractivity contribution in [1.82, 2.24) is 5.32 Å². The van der Waals surface area contributed by atoms with Crippen molar-refractivity contribution in [1.29, 1.82) is 5.41 Å². The van der Waals surface area contributed by atoms with E-state index in [0.29, 0.717) is 5.71 Å². The average Bonchev–Trinajstić information content (AvgIpc) is 1.61. The molecule has 0 aromatic rings. The van der Waals surface area contributed by atoms with Crippen molar-refractivity contribution in [2.75, 3.05) is 7.05 Å². The minimum Gasteiger partial charge on any atom is -0.394 e. The van der Waals surface area contributed by atoms with Gasteiger partial charge in [-0.2, -0.15) is 0 Å². The lowest BCUT2D eigenvalue weighted by Gasteiger charge is -1.82. The molecule has 0 aliphatic heterocycles. The molecule has 7 heavy (non-hydrogen) atoms. The van der Waals surface area contributed by atoms with Crippen LogP contribution >= 0.6 is 0 Å². The predicted molar refractivity (Wildman–Crippen MR) is 31.6 cm³/mol. The molecular weight excluding hydrogens is 88.1 g/mol. The Bertz CT molecular complexity index is 84.1. The third-order valence-corrected chi connectivity index (χ3v) is 0.500. The normalized spacial score (nSPS) is 9.43. The fourth-order valence-corrected chi connectivity index (χ4v) is 0.208. The molecule has 2 N–H and O–H groups in total. The summed E-state index contributed by atoms with van der Waals surface area (Å²) in [5.41, 5.74) is 0.564. The monoisotopic (exact) mass is 98.1 g/mol. The first kappa shape index (κ1) is 6.21. The summed E-state index contributed by atoms with van der Waals surface area (Å²) in [4.78, 5) is 0. The quantitative estimate of drug-likeness (QED) is 0.491. The third kappa shape index (κ3) is 5.21. The summed E-state index contributed by atoms with van der Waals surface area (Å²) in [5.74, 6) is 0. The van der Waals surface area contributed by atoms with E-state index in [2.05, 4.69) is 5.32 Å². The summed E-state index contributed by atoms with van der Waals surface area (Å²) in [5, 5.41) is 9.65. The maximum Gasteiger partial charge on any atom is 0.0297 e. The van der Waals surface area contributed by atoms with Crippen LogP contribution in [0.4, 0.5) is 0 Å². The minimum absolute atomic E-state index is 0.564. The third-order valence-electron chi connectivity index (χ3n) is 0.500. The molecule has 0 aromatic carbocycles. The predicted octanol–water partition coefficient (Wildman–Crippen LogP) is 0.759. The van der Waals surface area contributed by atoms with E-state index < -0.39 is 0 Å². The Labute approximate surface area is 43.7 Å². The fourth-order valence-electron chi connectivity index (χ4n) is 0.208. The van der Waals surface area contributed by atoms with E-state index in [4.69, 9.17) is 5.41 Å². The zero-order chi connectivity index (χ0) is 5.70. The van der Waals surface area contributed by atoms with Crippen molar-refractivity contribution in [3.63, 3.8) is 0 Å². The summed E-state index contributed by atoms with van der Waals surface area (Å²) < 4.78 is 0. The second-order valence-electron chi connectivity index (χ2n) is 1.31. The summed E-state index contributed by atoms with van der Waals surface area (Å²) in [6.45, 7) is 1.73. The van der Waals surface area contributed by atoms with Gasteiger partial charge in [0.05, 0.1) is 0 Å². The van der Waals surface area contributed by atoms with Gasteiger partial charge in [0.15, 0.2) is 0 Å². The second-order valence-corrected chi connectivity index (χ2v) is 1.31. The summed E-state index contributed by atoms with van der Waals surface area (Å²) in [7, 11) is 1.80. The molecule has 0 aromatic heterocycles. The Balaban J connectivity index is 3.26. The van der Waals surface area contributed by atoms with Crippen molar-refractivity contribution in [2.45, 2.75) is 6.92 Å². The van der Waals surface area contributed by atoms with Crippen LogP contribution in [-0.4, -0.2) is 12.8 Å². The fraction of sp³-hybridized carbons (Fsp3) is 0.400. The van der Waals surface area contributed by atoms with Gasteiger partial charge in [0.25, 0.3) is 0 Å². The van der Waals surface area contributed by atoms with Crippen molar-refractivity contribution in [2.24, 2.45) is 0 Å². The molecule has 0 saturated carbocycles. The van der Waals surface area contributed by atoms with Crippen molar-refractivity contribution in [3.8, 4) is 0 Å². The highest BCUT2D eigenvalue weighted by atomic mass is 14.8. The molecule has 0 heterocycles. The molecule has 0 aliphatic rings. The van der Waals surface area contributed by atoms with Crippen LogP contribution in [0.25, 0.3) is 0 Å². The number of hydrogen-bond acceptors (Lipinski definition) is 2. The lowest BCUT2D eigenvalue weighted by molar-refractivity contribution is 1.10. The molecule has 0 aliphatic carbocycles. The van der Waals surface area contributed by atoms with Crippen molar-refractivity contribution < 1.29 is 0 Å². The number of allylic oxidation sites excluding steroid dienone is 1. The van der Waals surface area contributed by atoms with E-state index in [1.54, 1.807) is 26.2 Å². The van der Waals surface area contributed by atoms with Gasteiger partial charge in [-0.15, -0.1) is 0 Å². The molecule has 0 amide bonds. The van der Waals surface area contributed by atoms with E-state index >= 15 is 0 Å². The Morgan fingerprint density at radius 1 is 1.71 bits per heavy atom. The second kappa shape index (κ2) is 3.40. The Morgan fingerprint density at radius 2 is 2.29 bits per heavy atom. The maximum atomic E-state index is 6.87. The van der Waals surface area contributed by atoms with E-state index in [1.165, 1.54) is 0 Å². The highest BCUT2D eigenvalue weighted by Gasteiger charge is 1.69. The van der Waals surface area contributed by atoms with Gasteiger partial charge >= 0.3 is 0 Å². The Kier molecular flexibility index (Phi) is 3.02. The van der Waals surface area contributed by atoms with Gasteiger partial charge in [0.2, 0.25) is 0 Å². The molecule has 0 spiro atoms. The highest BCUT2D eigenvalue weighted by Crippen LogP contribution is 1.68. The SMILES string of the molecule is CN/C=C\C(C)=N. The zero-order valence-electron chi connectivity index (χ0n) is 4.65. The number of rotatable bonds is 2. The molecule has 0 unspecified atom stereocenters. The summed E-state index contributed by atoms with van der Waals surface area (Å²) >= 11 is 0. The average molecular weight is 98.1 g/mol. The van der Waals surface area contributed by atoms with Crippen LogP contribution in [0.1, 0.15) is 6.92 Å². The highest BCUT2D eigenvalue weighted by molar-refractivity contribution is 5.89. The number of hydrogen-bond donors (Lipinski definition) is 2. The molecular formula is C5H10N2. The van der Waals surface area contributed by atoms with E-state index in [0.717, 1.165) is 0 Å². The molecule has 2 nitrogen and oxygen atoms in total. The van der Waals surface area contributed by atoms with E-state index in [-0.39, 0.29) is 0 Å². The van der Waals surface area contributed by atoms with Gasteiger partial charge in [0, 0.05) is 12.8 Å². The summed E-state index contributed by atoms with van der Waals surface area (Å²) in [6, 6.07) is 0. The van der Waals surface area contributed by atoms with Gasteiger partial charge in [0.1, 0.15) is 0 Å². The van der Waals surface area contributed by atoms with Gasteiger partial charge < -0.3 is 10.7 Å². The zero-order valence-corrected chi connectivity index (χ0v) is 4.65. The first-order chi connectivity index (χ1) is 3.27. The van der Waals surface area contributed by atoms with Crippen LogP contribution in [0.5, 0.6) is 0 Å². The van der Waals surface area contributed by atoms with Crippen LogP contribution < -0.4 is 5.32 Å². The van der Waals surface area contributed by atoms with Gasteiger partial charge in [-0.25, -0.2) is 0 Å². The minimum atomic E-state index is 0.564. The van der Waals surface area contributed by atoms with Crippen molar-refractivity contribution >= 4 is 5.71 Å². The molecule has 0 atom stereocenters. The van der Waals surface area contributed by atoms with Crippen LogP contribution in [0.3, 0.4) is 0 Å².